The molecule has 0 rings (SSSR count). The van der Waals surface area contributed by atoms with E-state index in [1.54, 1.807) is 13.8 Å². The summed E-state index contributed by atoms with van der Waals surface area (Å²) < 4.78 is 30.8. The van der Waals surface area contributed by atoms with E-state index < -0.39 is 21.5 Å². The zero-order valence-corrected chi connectivity index (χ0v) is 12.0. The van der Waals surface area contributed by atoms with E-state index in [2.05, 4.69) is 9.46 Å². The van der Waals surface area contributed by atoms with Crippen molar-refractivity contribution in [1.29, 1.82) is 0 Å². The minimum Gasteiger partial charge on any atom is -0.466 e. The van der Waals surface area contributed by atoms with Crippen molar-refractivity contribution in [2.75, 3.05) is 19.0 Å². The predicted octanol–water partition coefficient (Wildman–Crippen LogP) is 0.410. The second-order valence-corrected chi connectivity index (χ2v) is 6.21. The lowest BCUT2D eigenvalue weighted by Crippen LogP contribution is -2.47. The van der Waals surface area contributed by atoms with Crippen molar-refractivity contribution in [3.8, 4) is 0 Å². The first-order chi connectivity index (χ1) is 8.28. The van der Waals surface area contributed by atoms with Crippen molar-refractivity contribution >= 4 is 16.0 Å². The predicted molar refractivity (Wildman–Crippen MR) is 68.6 cm³/mol. The molecule has 7 heteroatoms. The number of rotatable bonds is 9. The first kappa shape index (κ1) is 17.3. The van der Waals surface area contributed by atoms with E-state index in [1.807, 2.05) is 6.92 Å². The van der Waals surface area contributed by atoms with Crippen LogP contribution in [0.5, 0.6) is 0 Å². The van der Waals surface area contributed by atoms with Gasteiger partial charge in [-0.05, 0) is 26.7 Å². The molecule has 0 saturated carbocycles. The molecule has 0 aromatic heterocycles. The van der Waals surface area contributed by atoms with Gasteiger partial charge in [-0.1, -0.05) is 6.92 Å². The van der Waals surface area contributed by atoms with Crippen molar-refractivity contribution in [1.82, 2.24) is 4.72 Å². The molecule has 6 nitrogen and oxygen atoms in total. The number of ether oxygens (including phenoxy) is 1. The first-order valence-corrected chi connectivity index (χ1v) is 7.72. The first-order valence-electron chi connectivity index (χ1n) is 6.06. The standard InChI is InChI=1S/C11H23NO5S/c1-4-11(3,7-8-13)12-18(15,16)9-6-10(14)17-5-2/h12-13H,4-9H2,1-3H3. The molecule has 0 bridgehead atoms. The van der Waals surface area contributed by atoms with Crippen LogP contribution < -0.4 is 4.72 Å². The molecular formula is C11H23NO5S. The SMILES string of the molecule is CCOC(=O)CCS(=O)(=O)NC(C)(CC)CCO. The number of aliphatic hydroxyl groups excluding tert-OH is 1. The lowest BCUT2D eigenvalue weighted by atomic mass is 9.97. The monoisotopic (exact) mass is 281 g/mol. The van der Waals surface area contributed by atoms with Gasteiger partial charge in [-0.25, -0.2) is 13.1 Å². The van der Waals surface area contributed by atoms with Crippen molar-refractivity contribution in [3.63, 3.8) is 0 Å². The molecule has 0 fully saturated rings. The van der Waals surface area contributed by atoms with E-state index in [0.29, 0.717) is 12.8 Å². The van der Waals surface area contributed by atoms with Gasteiger partial charge in [-0.15, -0.1) is 0 Å². The minimum atomic E-state index is -3.55. The summed E-state index contributed by atoms with van der Waals surface area (Å²) >= 11 is 0. The number of sulfonamides is 1. The van der Waals surface area contributed by atoms with Crippen LogP contribution in [0.2, 0.25) is 0 Å². The molecule has 0 spiro atoms. The molecular weight excluding hydrogens is 258 g/mol. The molecule has 0 saturated heterocycles. The smallest absolute Gasteiger partial charge is 0.306 e. The largest absolute Gasteiger partial charge is 0.466 e. The second-order valence-electron chi connectivity index (χ2n) is 4.36. The topological polar surface area (TPSA) is 92.7 Å². The van der Waals surface area contributed by atoms with Gasteiger partial charge in [-0.3, -0.25) is 4.79 Å². The van der Waals surface area contributed by atoms with Gasteiger partial charge >= 0.3 is 5.97 Å². The molecule has 0 heterocycles. The highest BCUT2D eigenvalue weighted by Gasteiger charge is 2.27. The Hall–Kier alpha value is -0.660. The maximum Gasteiger partial charge on any atom is 0.306 e. The second kappa shape index (κ2) is 7.70. The molecule has 1 atom stereocenters. The van der Waals surface area contributed by atoms with Crippen LogP contribution in [-0.4, -0.2) is 44.0 Å². The number of aliphatic hydroxyl groups is 1. The van der Waals surface area contributed by atoms with Crippen LogP contribution in [0.4, 0.5) is 0 Å². The summed E-state index contributed by atoms with van der Waals surface area (Å²) in [5.74, 6) is -0.824. The van der Waals surface area contributed by atoms with Gasteiger partial charge in [0.05, 0.1) is 18.8 Å². The normalized spacial score (nSPS) is 15.1. The Morgan fingerprint density at radius 3 is 2.44 bits per heavy atom. The van der Waals surface area contributed by atoms with Crippen molar-refractivity contribution < 1.29 is 23.1 Å². The van der Waals surface area contributed by atoms with E-state index in [1.165, 1.54) is 0 Å². The summed E-state index contributed by atoms with van der Waals surface area (Å²) in [6, 6.07) is 0. The van der Waals surface area contributed by atoms with Crippen LogP contribution in [0.1, 0.15) is 40.0 Å². The number of carbonyl (C=O) groups is 1. The Bertz CT molecular complexity index is 354. The van der Waals surface area contributed by atoms with Gasteiger partial charge in [0.1, 0.15) is 0 Å². The zero-order valence-electron chi connectivity index (χ0n) is 11.2. The van der Waals surface area contributed by atoms with Crippen LogP contribution in [-0.2, 0) is 19.6 Å². The van der Waals surface area contributed by atoms with Gasteiger partial charge in [0.25, 0.3) is 0 Å². The number of hydrogen-bond donors (Lipinski definition) is 2. The van der Waals surface area contributed by atoms with Gasteiger partial charge in [-0.2, -0.15) is 0 Å². The number of esters is 1. The number of carbonyl (C=O) groups excluding carboxylic acids is 1. The Labute approximate surface area is 109 Å². The maximum absolute atomic E-state index is 11.8. The minimum absolute atomic E-state index is 0.0925. The lowest BCUT2D eigenvalue weighted by molar-refractivity contribution is -0.142. The molecule has 0 aromatic rings. The molecule has 0 aliphatic rings. The molecule has 2 N–H and O–H groups in total. The van der Waals surface area contributed by atoms with Crippen LogP contribution >= 0.6 is 0 Å². The molecule has 18 heavy (non-hydrogen) atoms. The Balaban J connectivity index is 4.42. The molecule has 0 aliphatic heterocycles. The average Bonchev–Trinajstić information content (AvgIpc) is 2.27. The fourth-order valence-corrected chi connectivity index (χ4v) is 2.96. The van der Waals surface area contributed by atoms with Crippen molar-refractivity contribution in [3.05, 3.63) is 0 Å². The third-order valence-electron chi connectivity index (χ3n) is 2.73. The summed E-state index contributed by atoms with van der Waals surface area (Å²) in [6.07, 6.45) is 0.733. The third-order valence-corrected chi connectivity index (χ3v) is 4.27. The molecule has 0 aliphatic carbocycles. The van der Waals surface area contributed by atoms with Gasteiger partial charge < -0.3 is 9.84 Å². The van der Waals surface area contributed by atoms with E-state index >= 15 is 0 Å². The van der Waals surface area contributed by atoms with Crippen molar-refractivity contribution in [2.45, 2.75) is 45.6 Å². The highest BCUT2D eigenvalue weighted by Crippen LogP contribution is 2.15. The molecule has 1 unspecified atom stereocenters. The van der Waals surface area contributed by atoms with E-state index in [4.69, 9.17) is 5.11 Å². The average molecular weight is 281 g/mol. The highest BCUT2D eigenvalue weighted by atomic mass is 32.2. The Morgan fingerprint density at radius 2 is 2.00 bits per heavy atom. The molecule has 0 aromatic carbocycles. The van der Waals surface area contributed by atoms with Crippen molar-refractivity contribution in [2.24, 2.45) is 0 Å². The van der Waals surface area contributed by atoms with Crippen LogP contribution in [0.15, 0.2) is 0 Å². The van der Waals surface area contributed by atoms with Gasteiger partial charge in [0.2, 0.25) is 10.0 Å². The van der Waals surface area contributed by atoms with Gasteiger partial charge in [0, 0.05) is 12.1 Å². The summed E-state index contributed by atoms with van der Waals surface area (Å²) in [5.41, 5.74) is -0.678. The zero-order chi connectivity index (χ0) is 14.2. The molecule has 0 amide bonds. The van der Waals surface area contributed by atoms with E-state index in [-0.39, 0.29) is 25.4 Å². The van der Waals surface area contributed by atoms with Crippen LogP contribution in [0, 0.1) is 0 Å². The number of nitrogens with one attached hydrogen (secondary N) is 1. The molecule has 108 valence electrons. The van der Waals surface area contributed by atoms with E-state index in [9.17, 15) is 13.2 Å². The lowest BCUT2D eigenvalue weighted by Gasteiger charge is -2.28. The Morgan fingerprint density at radius 1 is 1.39 bits per heavy atom. The summed E-state index contributed by atoms with van der Waals surface area (Å²) in [5, 5.41) is 8.91. The van der Waals surface area contributed by atoms with Gasteiger partial charge in [0.15, 0.2) is 0 Å². The maximum atomic E-state index is 11.8. The Kier molecular flexibility index (Phi) is 7.42. The fraction of sp³-hybridized carbons (Fsp3) is 0.909. The fourth-order valence-electron chi connectivity index (χ4n) is 1.42. The van der Waals surface area contributed by atoms with E-state index in [0.717, 1.165) is 0 Å². The molecule has 0 radical (unpaired) electrons. The number of hydrogen-bond acceptors (Lipinski definition) is 5. The quantitative estimate of drug-likeness (QED) is 0.597. The van der Waals surface area contributed by atoms with Crippen LogP contribution in [0.3, 0.4) is 0 Å². The highest BCUT2D eigenvalue weighted by molar-refractivity contribution is 7.89. The summed E-state index contributed by atoms with van der Waals surface area (Å²) in [6.45, 7) is 5.38. The summed E-state index contributed by atoms with van der Waals surface area (Å²) in [4.78, 5) is 11.1. The summed E-state index contributed by atoms with van der Waals surface area (Å²) in [7, 11) is -3.55. The third kappa shape index (κ3) is 6.93. The van der Waals surface area contributed by atoms with Crippen LogP contribution in [0.25, 0.3) is 0 Å².